The average molecular weight is 493 g/mol. The largest absolute Gasteiger partial charge is 0.494 e. The van der Waals surface area contributed by atoms with Crippen molar-refractivity contribution >= 4 is 27.3 Å². The van der Waals surface area contributed by atoms with Crippen molar-refractivity contribution in [1.29, 1.82) is 0 Å². The van der Waals surface area contributed by atoms with Gasteiger partial charge in [-0.15, -0.1) is 5.10 Å². The Balaban J connectivity index is 1.55. The number of rotatable bonds is 8. The van der Waals surface area contributed by atoms with Gasteiger partial charge in [-0.25, -0.2) is 13.1 Å². The first-order valence-corrected chi connectivity index (χ1v) is 12.2. The lowest BCUT2D eigenvalue weighted by Crippen LogP contribution is -2.27. The number of ether oxygens (including phenoxy) is 1. The summed E-state index contributed by atoms with van der Waals surface area (Å²) in [6, 6.07) is 18.2. The molecule has 0 atom stereocenters. The number of hydrogen-bond donors (Lipinski definition) is 1. The number of nitrogens with zero attached hydrogens (tertiary/aromatic N) is 5. The molecule has 0 aliphatic carbocycles. The van der Waals surface area contributed by atoms with Crippen molar-refractivity contribution in [2.24, 2.45) is 0 Å². The second-order valence-corrected chi connectivity index (χ2v) is 9.60. The molecule has 0 spiro atoms. The van der Waals surface area contributed by atoms with Crippen LogP contribution < -0.4 is 14.4 Å². The van der Waals surface area contributed by atoms with E-state index in [1.807, 2.05) is 6.92 Å². The number of carbonyl (C=O) groups excluding carboxylic acids is 1. The van der Waals surface area contributed by atoms with Crippen molar-refractivity contribution in [1.82, 2.24) is 20.2 Å². The maximum Gasteiger partial charge on any atom is 0.264 e. The SMILES string of the molecule is CCOc1ccc(N(C)S(=O)(=O)c2ccc(C)c(C(=O)Nc3ccc(-n4cnnn4)cc3)c2)cc1. The van der Waals surface area contributed by atoms with Crippen LogP contribution in [-0.2, 0) is 10.0 Å². The highest BCUT2D eigenvalue weighted by molar-refractivity contribution is 7.92. The van der Waals surface area contributed by atoms with Crippen LogP contribution in [0.4, 0.5) is 11.4 Å². The Kier molecular flexibility index (Phi) is 6.78. The fourth-order valence-corrected chi connectivity index (χ4v) is 4.62. The summed E-state index contributed by atoms with van der Waals surface area (Å²) in [5, 5.41) is 13.8. The Hall–Kier alpha value is -4.25. The summed E-state index contributed by atoms with van der Waals surface area (Å²) in [6.07, 6.45) is 1.47. The first-order chi connectivity index (χ1) is 16.8. The maximum atomic E-state index is 13.3. The highest BCUT2D eigenvalue weighted by atomic mass is 32.2. The summed E-state index contributed by atoms with van der Waals surface area (Å²) in [6.45, 7) is 4.15. The second-order valence-electron chi connectivity index (χ2n) is 7.63. The number of carbonyl (C=O) groups is 1. The molecule has 10 nitrogen and oxygen atoms in total. The highest BCUT2D eigenvalue weighted by Gasteiger charge is 2.23. The zero-order valence-electron chi connectivity index (χ0n) is 19.4. The van der Waals surface area contributed by atoms with E-state index in [0.29, 0.717) is 29.3 Å². The molecule has 1 aromatic heterocycles. The van der Waals surface area contributed by atoms with Crippen LogP contribution in [0.15, 0.2) is 78.0 Å². The smallest absolute Gasteiger partial charge is 0.264 e. The molecule has 1 heterocycles. The zero-order valence-corrected chi connectivity index (χ0v) is 20.2. The molecule has 0 saturated carbocycles. The van der Waals surface area contributed by atoms with Gasteiger partial charge < -0.3 is 10.1 Å². The van der Waals surface area contributed by atoms with Gasteiger partial charge in [-0.1, -0.05) is 6.07 Å². The van der Waals surface area contributed by atoms with Crippen LogP contribution in [0.5, 0.6) is 5.75 Å². The third kappa shape index (κ3) is 5.14. The molecule has 4 rings (SSSR count). The summed E-state index contributed by atoms with van der Waals surface area (Å²) in [5.41, 5.74) is 2.66. The number of hydrogen-bond acceptors (Lipinski definition) is 7. The zero-order chi connectivity index (χ0) is 25.0. The molecule has 0 bridgehead atoms. The van der Waals surface area contributed by atoms with Gasteiger partial charge in [0.25, 0.3) is 15.9 Å². The van der Waals surface area contributed by atoms with Crippen LogP contribution in [-0.4, -0.2) is 48.2 Å². The van der Waals surface area contributed by atoms with E-state index >= 15 is 0 Å². The molecule has 0 aliphatic rings. The Labute approximate surface area is 203 Å². The number of anilines is 2. The third-order valence-corrected chi connectivity index (χ3v) is 7.14. The molecule has 0 radical (unpaired) electrons. The molecular weight excluding hydrogens is 468 g/mol. The van der Waals surface area contributed by atoms with E-state index in [1.54, 1.807) is 61.5 Å². The first-order valence-electron chi connectivity index (χ1n) is 10.8. The summed E-state index contributed by atoms with van der Waals surface area (Å²) < 4.78 is 34.6. The monoisotopic (exact) mass is 492 g/mol. The second kappa shape index (κ2) is 9.94. The van der Waals surface area contributed by atoms with Gasteiger partial charge >= 0.3 is 0 Å². The molecule has 1 amide bonds. The molecule has 1 N–H and O–H groups in total. The van der Waals surface area contributed by atoms with Crippen LogP contribution >= 0.6 is 0 Å². The standard InChI is InChI=1S/C24H24N6O4S/c1-4-34-21-12-10-19(11-13-21)29(3)35(32,33)22-14-5-17(2)23(15-22)24(31)26-18-6-8-20(9-7-18)30-16-25-27-28-30/h5-16H,4H2,1-3H3,(H,26,31). The highest BCUT2D eigenvalue weighted by Crippen LogP contribution is 2.26. The number of aryl methyl sites for hydroxylation is 1. The lowest BCUT2D eigenvalue weighted by molar-refractivity contribution is 0.102. The molecule has 180 valence electrons. The van der Waals surface area contributed by atoms with Crippen molar-refractivity contribution < 1.29 is 17.9 Å². The fraction of sp³-hybridized carbons (Fsp3) is 0.167. The van der Waals surface area contributed by atoms with E-state index in [2.05, 4.69) is 20.8 Å². The minimum absolute atomic E-state index is 0.0127. The van der Waals surface area contributed by atoms with Crippen molar-refractivity contribution in [3.63, 3.8) is 0 Å². The number of benzene rings is 3. The van der Waals surface area contributed by atoms with Gasteiger partial charge in [0.2, 0.25) is 0 Å². The van der Waals surface area contributed by atoms with Crippen LogP contribution in [0, 0.1) is 6.92 Å². The Bertz CT molecular complexity index is 1420. The van der Waals surface area contributed by atoms with E-state index in [9.17, 15) is 13.2 Å². The third-order valence-electron chi connectivity index (χ3n) is 5.36. The summed E-state index contributed by atoms with van der Waals surface area (Å²) in [4.78, 5) is 13.0. The molecule has 3 aromatic carbocycles. The van der Waals surface area contributed by atoms with Crippen LogP contribution in [0.2, 0.25) is 0 Å². The van der Waals surface area contributed by atoms with Gasteiger partial charge in [0.1, 0.15) is 12.1 Å². The predicted octanol–water partition coefficient (Wildman–Crippen LogP) is 3.45. The molecular formula is C24H24N6O4S. The van der Waals surface area contributed by atoms with Crippen LogP contribution in [0.25, 0.3) is 5.69 Å². The molecule has 0 fully saturated rings. The van der Waals surface area contributed by atoms with E-state index in [1.165, 1.54) is 34.5 Å². The lowest BCUT2D eigenvalue weighted by atomic mass is 10.1. The predicted molar refractivity (Wildman–Crippen MR) is 131 cm³/mol. The molecule has 0 aliphatic heterocycles. The van der Waals surface area contributed by atoms with Gasteiger partial charge in [-0.3, -0.25) is 9.10 Å². The Morgan fingerprint density at radius 3 is 2.40 bits per heavy atom. The van der Waals surface area contributed by atoms with Gasteiger partial charge in [-0.2, -0.15) is 0 Å². The maximum absolute atomic E-state index is 13.3. The fourth-order valence-electron chi connectivity index (χ4n) is 3.40. The van der Waals surface area contributed by atoms with E-state index in [0.717, 1.165) is 5.69 Å². The Morgan fingerprint density at radius 1 is 1.06 bits per heavy atom. The average Bonchev–Trinajstić information content (AvgIpc) is 3.40. The van der Waals surface area contributed by atoms with E-state index in [4.69, 9.17) is 4.74 Å². The van der Waals surface area contributed by atoms with E-state index < -0.39 is 15.9 Å². The lowest BCUT2D eigenvalue weighted by Gasteiger charge is -2.20. The molecule has 4 aromatic rings. The minimum Gasteiger partial charge on any atom is -0.494 e. The minimum atomic E-state index is -3.90. The summed E-state index contributed by atoms with van der Waals surface area (Å²) in [5.74, 6) is 0.237. The quantitative estimate of drug-likeness (QED) is 0.400. The van der Waals surface area contributed by atoms with Gasteiger partial charge in [-0.05, 0) is 90.5 Å². The number of aromatic nitrogens is 4. The van der Waals surface area contributed by atoms with Gasteiger partial charge in [0.15, 0.2) is 0 Å². The number of sulfonamides is 1. The summed E-state index contributed by atoms with van der Waals surface area (Å²) in [7, 11) is -2.43. The first kappa shape index (κ1) is 23.9. The van der Waals surface area contributed by atoms with Crippen molar-refractivity contribution in [3.05, 3.63) is 84.2 Å². The molecule has 35 heavy (non-hydrogen) atoms. The molecule has 0 saturated heterocycles. The normalized spacial score (nSPS) is 11.2. The van der Waals surface area contributed by atoms with Crippen molar-refractivity contribution in [2.45, 2.75) is 18.7 Å². The van der Waals surface area contributed by atoms with Crippen LogP contribution in [0.3, 0.4) is 0 Å². The topological polar surface area (TPSA) is 119 Å². The van der Waals surface area contributed by atoms with Crippen LogP contribution in [0.1, 0.15) is 22.8 Å². The van der Waals surface area contributed by atoms with E-state index in [-0.39, 0.29) is 10.5 Å². The van der Waals surface area contributed by atoms with Gasteiger partial charge in [0, 0.05) is 18.3 Å². The molecule has 11 heteroatoms. The Morgan fingerprint density at radius 2 is 1.77 bits per heavy atom. The number of tetrazole rings is 1. The summed E-state index contributed by atoms with van der Waals surface area (Å²) >= 11 is 0. The molecule has 0 unspecified atom stereocenters. The number of nitrogens with one attached hydrogen (secondary N) is 1. The number of amides is 1. The van der Waals surface area contributed by atoms with Crippen molar-refractivity contribution in [2.75, 3.05) is 23.3 Å². The van der Waals surface area contributed by atoms with Crippen molar-refractivity contribution in [3.8, 4) is 11.4 Å². The van der Waals surface area contributed by atoms with Gasteiger partial charge in [0.05, 0.1) is 22.9 Å².